The molecule has 3 nitrogen and oxygen atoms in total. The highest BCUT2D eigenvalue weighted by Crippen LogP contribution is 2.39. The summed E-state index contributed by atoms with van der Waals surface area (Å²) in [6.07, 6.45) is 8.65. The first-order chi connectivity index (χ1) is 13.1. The van der Waals surface area contributed by atoms with Crippen molar-refractivity contribution in [2.75, 3.05) is 13.6 Å². The van der Waals surface area contributed by atoms with Gasteiger partial charge in [-0.2, -0.15) is 0 Å². The number of benzene rings is 1. The van der Waals surface area contributed by atoms with Gasteiger partial charge < -0.3 is 9.47 Å². The van der Waals surface area contributed by atoms with Crippen molar-refractivity contribution in [3.63, 3.8) is 0 Å². The Morgan fingerprint density at radius 3 is 2.89 bits per heavy atom. The maximum Gasteiger partial charge on any atom is 0.0531 e. The largest absolute Gasteiger partial charge is 0.316 e. The summed E-state index contributed by atoms with van der Waals surface area (Å²) in [5.74, 6) is 0. The molecule has 0 saturated heterocycles. The third-order valence-corrected chi connectivity index (χ3v) is 6.37. The molecule has 0 radical (unpaired) electrons. The molecule has 1 aliphatic heterocycles. The fourth-order valence-electron chi connectivity index (χ4n) is 5.01. The number of allylic oxidation sites excluding steroid dienone is 2. The minimum atomic E-state index is 1.02. The summed E-state index contributed by atoms with van der Waals surface area (Å²) in [6.45, 7) is 6.69. The number of pyridine rings is 1. The second-order valence-corrected chi connectivity index (χ2v) is 8.22. The molecule has 3 heterocycles. The third kappa shape index (κ3) is 2.64. The van der Waals surface area contributed by atoms with Gasteiger partial charge in [-0.05, 0) is 87.0 Å². The standard InChI is InChI=1S/C24H27N3/c1-16-7-8-23-22(13-16)21-10-12-26(3)15-24(21)27(23)17(2)19-6-4-5-18-14-25-11-9-20(18)19/h7-9,11,13-14H,4-6,10,12,15H2,1-3H3. The molecule has 3 heteroatoms. The summed E-state index contributed by atoms with van der Waals surface area (Å²) in [6, 6.07) is 9.17. The van der Waals surface area contributed by atoms with E-state index in [0.717, 1.165) is 32.4 Å². The topological polar surface area (TPSA) is 21.1 Å². The summed E-state index contributed by atoms with van der Waals surface area (Å²) in [7, 11) is 2.24. The van der Waals surface area contributed by atoms with E-state index in [2.05, 4.69) is 65.8 Å². The molecule has 0 bridgehead atoms. The molecule has 0 N–H and O–H groups in total. The monoisotopic (exact) mass is 357 g/mol. The maximum atomic E-state index is 4.36. The number of aryl methyl sites for hydroxylation is 2. The summed E-state index contributed by atoms with van der Waals surface area (Å²) in [5.41, 5.74) is 11.4. The van der Waals surface area contributed by atoms with Crippen LogP contribution in [0.1, 0.15) is 47.7 Å². The van der Waals surface area contributed by atoms with E-state index in [1.165, 1.54) is 51.0 Å². The van der Waals surface area contributed by atoms with Gasteiger partial charge in [0.25, 0.3) is 0 Å². The quantitative estimate of drug-likeness (QED) is 0.607. The molecule has 2 aromatic heterocycles. The molecule has 5 rings (SSSR count). The molecule has 27 heavy (non-hydrogen) atoms. The first-order valence-electron chi connectivity index (χ1n) is 10.1. The molecule has 0 unspecified atom stereocenters. The molecular weight excluding hydrogens is 330 g/mol. The predicted molar refractivity (Wildman–Crippen MR) is 113 cm³/mol. The average Bonchev–Trinajstić information content (AvgIpc) is 2.99. The van der Waals surface area contributed by atoms with Crippen LogP contribution in [-0.2, 0) is 19.4 Å². The Labute approximate surface area is 161 Å². The van der Waals surface area contributed by atoms with E-state index in [9.17, 15) is 0 Å². The summed E-state index contributed by atoms with van der Waals surface area (Å²) in [5, 5.41) is 1.45. The van der Waals surface area contributed by atoms with Crippen molar-refractivity contribution in [1.29, 1.82) is 0 Å². The summed E-state index contributed by atoms with van der Waals surface area (Å²) >= 11 is 0. The fourth-order valence-corrected chi connectivity index (χ4v) is 5.01. The van der Waals surface area contributed by atoms with Gasteiger partial charge in [0, 0.05) is 42.3 Å². The van der Waals surface area contributed by atoms with Crippen LogP contribution in [0, 0.1) is 6.92 Å². The zero-order chi connectivity index (χ0) is 18.5. The van der Waals surface area contributed by atoms with E-state index in [0.29, 0.717) is 0 Å². The van der Waals surface area contributed by atoms with Gasteiger partial charge in [0.1, 0.15) is 0 Å². The van der Waals surface area contributed by atoms with Crippen molar-refractivity contribution in [3.05, 3.63) is 64.6 Å². The first kappa shape index (κ1) is 16.8. The maximum absolute atomic E-state index is 4.36. The van der Waals surface area contributed by atoms with Gasteiger partial charge in [-0.1, -0.05) is 11.6 Å². The predicted octanol–water partition coefficient (Wildman–Crippen LogP) is 5.06. The van der Waals surface area contributed by atoms with Gasteiger partial charge in [0.2, 0.25) is 0 Å². The smallest absolute Gasteiger partial charge is 0.0531 e. The number of hydrogen-bond donors (Lipinski definition) is 0. The lowest BCUT2D eigenvalue weighted by Gasteiger charge is -2.27. The lowest BCUT2D eigenvalue weighted by Crippen LogP contribution is -2.27. The molecule has 1 aromatic carbocycles. The second kappa shape index (κ2) is 6.35. The van der Waals surface area contributed by atoms with Crippen molar-refractivity contribution < 1.29 is 0 Å². The molecule has 0 spiro atoms. The molecule has 138 valence electrons. The summed E-state index contributed by atoms with van der Waals surface area (Å²) < 4.78 is 2.56. The van der Waals surface area contributed by atoms with Crippen LogP contribution in [0.2, 0.25) is 0 Å². The Balaban J connectivity index is 1.80. The first-order valence-corrected chi connectivity index (χ1v) is 10.1. The highest BCUT2D eigenvalue weighted by atomic mass is 15.1. The van der Waals surface area contributed by atoms with E-state index >= 15 is 0 Å². The van der Waals surface area contributed by atoms with Crippen LogP contribution in [0.25, 0.3) is 22.2 Å². The number of hydrogen-bond acceptors (Lipinski definition) is 2. The fraction of sp³-hybridized carbons (Fsp3) is 0.375. The highest BCUT2D eigenvalue weighted by Gasteiger charge is 2.25. The average molecular weight is 358 g/mol. The molecule has 0 fully saturated rings. The minimum Gasteiger partial charge on any atom is -0.316 e. The van der Waals surface area contributed by atoms with E-state index in [1.54, 1.807) is 5.56 Å². The third-order valence-electron chi connectivity index (χ3n) is 6.37. The number of rotatable bonds is 1. The van der Waals surface area contributed by atoms with E-state index in [4.69, 9.17) is 0 Å². The van der Waals surface area contributed by atoms with Gasteiger partial charge in [-0.15, -0.1) is 0 Å². The highest BCUT2D eigenvalue weighted by molar-refractivity contribution is 5.94. The van der Waals surface area contributed by atoms with Crippen molar-refractivity contribution >= 4 is 22.2 Å². The van der Waals surface area contributed by atoms with Crippen LogP contribution in [0.3, 0.4) is 0 Å². The van der Waals surface area contributed by atoms with Gasteiger partial charge in [0.05, 0.1) is 5.52 Å². The van der Waals surface area contributed by atoms with Gasteiger partial charge >= 0.3 is 0 Å². The van der Waals surface area contributed by atoms with Gasteiger partial charge in [-0.25, -0.2) is 0 Å². The normalized spacial score (nSPS) is 19.1. The Morgan fingerprint density at radius 1 is 1.11 bits per heavy atom. The molecular formula is C24H27N3. The molecule has 0 saturated carbocycles. The molecule has 3 aromatic rings. The Hall–Kier alpha value is -2.39. The number of aromatic nitrogens is 2. The van der Waals surface area contributed by atoms with Crippen LogP contribution in [0.15, 0.2) is 36.7 Å². The second-order valence-electron chi connectivity index (χ2n) is 8.22. The van der Waals surface area contributed by atoms with Gasteiger partial charge in [-0.3, -0.25) is 4.98 Å². The minimum absolute atomic E-state index is 1.02. The number of fused-ring (bicyclic) bond motifs is 4. The number of nitrogens with zero attached hydrogens (tertiary/aromatic N) is 3. The van der Waals surface area contributed by atoms with Crippen molar-refractivity contribution in [2.45, 2.75) is 46.1 Å². The van der Waals surface area contributed by atoms with Crippen LogP contribution < -0.4 is 0 Å². The van der Waals surface area contributed by atoms with Crippen LogP contribution >= 0.6 is 0 Å². The zero-order valence-electron chi connectivity index (χ0n) is 16.5. The lowest BCUT2D eigenvalue weighted by molar-refractivity contribution is 0.307. The van der Waals surface area contributed by atoms with E-state index in [-0.39, 0.29) is 0 Å². The number of likely N-dealkylation sites (N-methyl/N-ethyl adjacent to an activating group) is 1. The van der Waals surface area contributed by atoms with Crippen molar-refractivity contribution in [2.24, 2.45) is 0 Å². The molecule has 0 atom stereocenters. The van der Waals surface area contributed by atoms with Crippen LogP contribution in [0.4, 0.5) is 0 Å². The van der Waals surface area contributed by atoms with Crippen molar-refractivity contribution in [1.82, 2.24) is 14.5 Å². The summed E-state index contributed by atoms with van der Waals surface area (Å²) in [4.78, 5) is 6.80. The van der Waals surface area contributed by atoms with E-state index < -0.39 is 0 Å². The Bertz CT molecular complexity index is 1070. The molecule has 1 aliphatic carbocycles. The lowest BCUT2D eigenvalue weighted by atomic mass is 9.87. The molecule has 2 aliphatic rings. The zero-order valence-corrected chi connectivity index (χ0v) is 16.5. The molecule has 0 amide bonds. The van der Waals surface area contributed by atoms with Crippen molar-refractivity contribution in [3.8, 4) is 0 Å². The van der Waals surface area contributed by atoms with Crippen LogP contribution in [0.5, 0.6) is 0 Å². The Kier molecular flexibility index (Phi) is 3.94. The SMILES string of the molecule is CC(=C1CCCc2cnccc21)n1c2c(c3cc(C)ccc31)CCN(C)C2. The van der Waals surface area contributed by atoms with E-state index in [1.807, 2.05) is 6.20 Å². The van der Waals surface area contributed by atoms with Crippen LogP contribution in [-0.4, -0.2) is 28.0 Å². The Morgan fingerprint density at radius 2 is 2.00 bits per heavy atom. The van der Waals surface area contributed by atoms with Gasteiger partial charge in [0.15, 0.2) is 0 Å².